The molecule has 0 radical (unpaired) electrons. The fraction of sp³-hybridized carbons (Fsp3) is 0.455. The maximum absolute atomic E-state index is 4.33. The SMILES string of the molecule is CCNc1ncc(-c2cncn2C(C)C)s1. The molecule has 2 aromatic rings. The Hall–Kier alpha value is -1.36. The number of rotatable bonds is 4. The van der Waals surface area contributed by atoms with Crippen molar-refractivity contribution in [2.75, 3.05) is 11.9 Å². The second kappa shape index (κ2) is 4.65. The van der Waals surface area contributed by atoms with Crippen molar-refractivity contribution in [1.82, 2.24) is 14.5 Å². The average Bonchev–Trinajstić information content (AvgIpc) is 2.83. The molecule has 2 aromatic heterocycles. The Morgan fingerprint density at radius 1 is 1.44 bits per heavy atom. The summed E-state index contributed by atoms with van der Waals surface area (Å²) >= 11 is 1.66. The van der Waals surface area contributed by atoms with Crippen molar-refractivity contribution in [2.24, 2.45) is 0 Å². The summed E-state index contributed by atoms with van der Waals surface area (Å²) < 4.78 is 2.16. The van der Waals surface area contributed by atoms with E-state index in [1.807, 2.05) is 18.7 Å². The minimum Gasteiger partial charge on any atom is -0.362 e. The molecule has 4 nitrogen and oxygen atoms in total. The van der Waals surface area contributed by atoms with Gasteiger partial charge < -0.3 is 9.88 Å². The van der Waals surface area contributed by atoms with Crippen LogP contribution in [0.3, 0.4) is 0 Å². The van der Waals surface area contributed by atoms with E-state index in [0.717, 1.165) is 22.2 Å². The Labute approximate surface area is 99.4 Å². The summed E-state index contributed by atoms with van der Waals surface area (Å²) in [6.45, 7) is 7.27. The summed E-state index contributed by atoms with van der Waals surface area (Å²) in [5, 5.41) is 4.18. The molecule has 2 heterocycles. The zero-order valence-corrected chi connectivity index (χ0v) is 10.6. The van der Waals surface area contributed by atoms with E-state index in [9.17, 15) is 0 Å². The van der Waals surface area contributed by atoms with Crippen molar-refractivity contribution >= 4 is 16.5 Å². The monoisotopic (exact) mass is 236 g/mol. The standard InChI is InChI=1S/C11H16N4S/c1-4-13-11-14-6-10(16-11)9-5-12-7-15(9)8(2)3/h5-8H,4H2,1-3H3,(H,13,14). The van der Waals surface area contributed by atoms with Crippen LogP contribution in [0.5, 0.6) is 0 Å². The van der Waals surface area contributed by atoms with Gasteiger partial charge in [-0.05, 0) is 20.8 Å². The number of thiazole rings is 1. The van der Waals surface area contributed by atoms with Gasteiger partial charge in [0.25, 0.3) is 0 Å². The summed E-state index contributed by atoms with van der Waals surface area (Å²) in [5.74, 6) is 0. The van der Waals surface area contributed by atoms with Gasteiger partial charge in [-0.1, -0.05) is 11.3 Å². The topological polar surface area (TPSA) is 42.7 Å². The third-order valence-electron chi connectivity index (χ3n) is 2.31. The molecule has 0 aliphatic heterocycles. The smallest absolute Gasteiger partial charge is 0.183 e. The molecule has 0 amide bonds. The van der Waals surface area contributed by atoms with Crippen LogP contribution in [-0.4, -0.2) is 21.1 Å². The molecule has 16 heavy (non-hydrogen) atoms. The van der Waals surface area contributed by atoms with Crippen molar-refractivity contribution < 1.29 is 0 Å². The van der Waals surface area contributed by atoms with E-state index in [4.69, 9.17) is 0 Å². The molecular weight excluding hydrogens is 220 g/mol. The van der Waals surface area contributed by atoms with E-state index in [2.05, 4.69) is 40.6 Å². The van der Waals surface area contributed by atoms with Crippen molar-refractivity contribution in [1.29, 1.82) is 0 Å². The quantitative estimate of drug-likeness (QED) is 0.887. The van der Waals surface area contributed by atoms with E-state index in [-0.39, 0.29) is 0 Å². The van der Waals surface area contributed by atoms with E-state index in [1.54, 1.807) is 11.3 Å². The molecule has 0 saturated heterocycles. The predicted octanol–water partition coefficient (Wildman–Crippen LogP) is 3.02. The molecule has 0 aromatic carbocycles. The molecule has 5 heteroatoms. The minimum absolute atomic E-state index is 0.419. The van der Waals surface area contributed by atoms with Crippen LogP contribution in [0.4, 0.5) is 5.13 Å². The van der Waals surface area contributed by atoms with Crippen LogP contribution in [0.15, 0.2) is 18.7 Å². The van der Waals surface area contributed by atoms with Gasteiger partial charge in [0.2, 0.25) is 0 Å². The molecule has 86 valence electrons. The average molecular weight is 236 g/mol. The number of aromatic nitrogens is 3. The van der Waals surface area contributed by atoms with Crippen LogP contribution >= 0.6 is 11.3 Å². The van der Waals surface area contributed by atoms with E-state index in [0.29, 0.717) is 6.04 Å². The molecule has 0 unspecified atom stereocenters. The first-order valence-electron chi connectivity index (χ1n) is 5.44. The Balaban J connectivity index is 2.31. The molecule has 2 rings (SSSR count). The maximum atomic E-state index is 4.33. The molecule has 0 atom stereocenters. The molecular formula is C11H16N4S. The molecule has 0 aliphatic rings. The maximum Gasteiger partial charge on any atom is 0.183 e. The molecule has 0 saturated carbocycles. The highest BCUT2D eigenvalue weighted by atomic mass is 32.1. The summed E-state index contributed by atoms with van der Waals surface area (Å²) in [7, 11) is 0. The number of hydrogen-bond acceptors (Lipinski definition) is 4. The van der Waals surface area contributed by atoms with Crippen LogP contribution in [0, 0.1) is 0 Å². The van der Waals surface area contributed by atoms with E-state index in [1.165, 1.54) is 0 Å². The lowest BCUT2D eigenvalue weighted by molar-refractivity contribution is 0.606. The zero-order valence-electron chi connectivity index (χ0n) is 9.77. The highest BCUT2D eigenvalue weighted by molar-refractivity contribution is 7.18. The lowest BCUT2D eigenvalue weighted by Crippen LogP contribution is -1.99. The van der Waals surface area contributed by atoms with Crippen LogP contribution in [0.25, 0.3) is 10.6 Å². The summed E-state index contributed by atoms with van der Waals surface area (Å²) in [6.07, 6.45) is 5.66. The zero-order chi connectivity index (χ0) is 11.5. The van der Waals surface area contributed by atoms with Crippen LogP contribution in [0.2, 0.25) is 0 Å². The van der Waals surface area contributed by atoms with Gasteiger partial charge in [-0.15, -0.1) is 0 Å². The second-order valence-electron chi connectivity index (χ2n) is 3.84. The molecule has 1 N–H and O–H groups in total. The lowest BCUT2D eigenvalue weighted by Gasteiger charge is -2.09. The summed E-state index contributed by atoms with van der Waals surface area (Å²) in [6, 6.07) is 0.419. The van der Waals surface area contributed by atoms with Crippen LogP contribution in [0.1, 0.15) is 26.8 Å². The summed E-state index contributed by atoms with van der Waals surface area (Å²) in [4.78, 5) is 9.68. The largest absolute Gasteiger partial charge is 0.362 e. The fourth-order valence-corrected chi connectivity index (χ4v) is 2.43. The second-order valence-corrected chi connectivity index (χ2v) is 4.87. The number of anilines is 1. The Morgan fingerprint density at radius 2 is 2.25 bits per heavy atom. The van der Waals surface area contributed by atoms with Gasteiger partial charge in [-0.3, -0.25) is 0 Å². The van der Waals surface area contributed by atoms with Gasteiger partial charge in [0.15, 0.2) is 5.13 Å². The van der Waals surface area contributed by atoms with Crippen molar-refractivity contribution in [3.8, 4) is 10.6 Å². The Bertz CT molecular complexity index is 458. The number of hydrogen-bond donors (Lipinski definition) is 1. The third kappa shape index (κ3) is 2.09. The Morgan fingerprint density at radius 3 is 2.94 bits per heavy atom. The Kier molecular flexibility index (Phi) is 3.24. The lowest BCUT2D eigenvalue weighted by atomic mass is 10.3. The first-order valence-corrected chi connectivity index (χ1v) is 6.26. The van der Waals surface area contributed by atoms with Crippen molar-refractivity contribution in [3.63, 3.8) is 0 Å². The van der Waals surface area contributed by atoms with E-state index < -0.39 is 0 Å². The third-order valence-corrected chi connectivity index (χ3v) is 3.29. The van der Waals surface area contributed by atoms with Gasteiger partial charge >= 0.3 is 0 Å². The van der Waals surface area contributed by atoms with Gasteiger partial charge in [-0.25, -0.2) is 9.97 Å². The number of nitrogens with one attached hydrogen (secondary N) is 1. The molecule has 0 spiro atoms. The fourth-order valence-electron chi connectivity index (χ4n) is 1.53. The van der Waals surface area contributed by atoms with Gasteiger partial charge in [0.1, 0.15) is 0 Å². The predicted molar refractivity (Wildman–Crippen MR) is 67.9 cm³/mol. The van der Waals surface area contributed by atoms with E-state index >= 15 is 0 Å². The van der Waals surface area contributed by atoms with Gasteiger partial charge in [-0.2, -0.15) is 0 Å². The highest BCUT2D eigenvalue weighted by Crippen LogP contribution is 2.30. The van der Waals surface area contributed by atoms with Crippen molar-refractivity contribution in [3.05, 3.63) is 18.7 Å². The number of nitrogens with zero attached hydrogens (tertiary/aromatic N) is 3. The highest BCUT2D eigenvalue weighted by Gasteiger charge is 2.10. The van der Waals surface area contributed by atoms with Gasteiger partial charge in [0.05, 0.1) is 23.1 Å². The summed E-state index contributed by atoms with van der Waals surface area (Å²) in [5.41, 5.74) is 1.14. The van der Waals surface area contributed by atoms with Crippen molar-refractivity contribution in [2.45, 2.75) is 26.8 Å². The minimum atomic E-state index is 0.419. The molecule has 0 aliphatic carbocycles. The van der Waals surface area contributed by atoms with Gasteiger partial charge in [0, 0.05) is 18.8 Å². The first-order chi connectivity index (χ1) is 7.72. The van der Waals surface area contributed by atoms with Crippen LogP contribution in [-0.2, 0) is 0 Å². The number of imidazole rings is 1. The molecule has 0 bridgehead atoms. The molecule has 0 fully saturated rings. The first kappa shape index (κ1) is 11.1. The van der Waals surface area contributed by atoms with Crippen LogP contribution < -0.4 is 5.32 Å². The normalized spacial score (nSPS) is 11.0.